The number of rotatable bonds is 13. The van der Waals surface area contributed by atoms with Crippen LogP contribution in [0.25, 0.3) is 0 Å². The van der Waals surface area contributed by atoms with E-state index in [1.54, 1.807) is 0 Å². The quantitative estimate of drug-likeness (QED) is 0.183. The third-order valence-electron chi connectivity index (χ3n) is 10.5. The summed E-state index contributed by atoms with van der Waals surface area (Å²) < 4.78 is 13.4. The number of aliphatic hydroxyl groups excluding tert-OH is 1. The van der Waals surface area contributed by atoms with Crippen LogP contribution in [-0.4, -0.2) is 72.2 Å². The molecule has 3 fully saturated rings. The van der Waals surface area contributed by atoms with Crippen molar-refractivity contribution in [1.29, 1.82) is 0 Å². The summed E-state index contributed by atoms with van der Waals surface area (Å²) in [7, 11) is 0. The molecule has 3 aromatic rings. The summed E-state index contributed by atoms with van der Waals surface area (Å²) in [4.78, 5) is 41.7. The zero-order chi connectivity index (χ0) is 35.8. The highest BCUT2D eigenvalue weighted by atomic mass is 16.7. The molecule has 3 aromatic carbocycles. The van der Waals surface area contributed by atoms with Crippen LogP contribution in [0.2, 0.25) is 0 Å². The summed E-state index contributed by atoms with van der Waals surface area (Å²) in [6.45, 7) is 6.98. The first-order valence-electron chi connectivity index (χ1n) is 18.2. The van der Waals surface area contributed by atoms with E-state index in [4.69, 9.17) is 9.47 Å². The largest absolute Gasteiger partial charge is 0.392 e. The van der Waals surface area contributed by atoms with Crippen molar-refractivity contribution in [2.75, 3.05) is 43.1 Å². The SMILES string of the molecule is CC(=O)NCCCCCC(=O)Nc1cccc([C@H]2O[C@@H](CN3CCC4(CC3)C(=O)NCN4c3ccccc3)[C@@H](C)[C@@H](c3ccc(CO)cc3)O2)c1. The highest BCUT2D eigenvalue weighted by Crippen LogP contribution is 2.43. The van der Waals surface area contributed by atoms with E-state index in [0.29, 0.717) is 31.9 Å². The maximum Gasteiger partial charge on any atom is 0.247 e. The van der Waals surface area contributed by atoms with Crippen molar-refractivity contribution in [1.82, 2.24) is 15.5 Å². The van der Waals surface area contributed by atoms with Crippen molar-refractivity contribution in [2.45, 2.75) is 83.0 Å². The third-order valence-corrected chi connectivity index (χ3v) is 10.5. The highest BCUT2D eigenvalue weighted by molar-refractivity contribution is 5.93. The lowest BCUT2D eigenvalue weighted by molar-refractivity contribution is -0.276. The Morgan fingerprint density at radius 3 is 2.43 bits per heavy atom. The average molecular weight is 698 g/mol. The van der Waals surface area contributed by atoms with Gasteiger partial charge in [0.1, 0.15) is 5.54 Å². The second-order valence-electron chi connectivity index (χ2n) is 14.0. The number of carbonyl (C=O) groups is 3. The number of likely N-dealkylation sites (tertiary alicyclic amines) is 1. The molecule has 3 heterocycles. The van der Waals surface area contributed by atoms with Crippen LogP contribution in [0, 0.1) is 5.92 Å². The normalized spacial score (nSPS) is 23.2. The summed E-state index contributed by atoms with van der Waals surface area (Å²) >= 11 is 0. The van der Waals surface area contributed by atoms with E-state index in [9.17, 15) is 19.5 Å². The van der Waals surface area contributed by atoms with Crippen LogP contribution >= 0.6 is 0 Å². The molecule has 4 N–H and O–H groups in total. The van der Waals surface area contributed by atoms with Gasteiger partial charge in [-0.2, -0.15) is 0 Å². The van der Waals surface area contributed by atoms with E-state index < -0.39 is 11.8 Å². The van der Waals surface area contributed by atoms with Gasteiger partial charge in [0, 0.05) is 62.4 Å². The van der Waals surface area contributed by atoms with E-state index in [0.717, 1.165) is 67.6 Å². The zero-order valence-electron chi connectivity index (χ0n) is 29.7. The van der Waals surface area contributed by atoms with Crippen LogP contribution in [-0.2, 0) is 30.5 Å². The van der Waals surface area contributed by atoms with E-state index in [2.05, 4.69) is 44.8 Å². The first-order valence-corrected chi connectivity index (χ1v) is 18.2. The molecule has 3 aliphatic rings. The molecule has 6 rings (SSSR count). The number of hydrogen-bond acceptors (Lipinski definition) is 8. The van der Waals surface area contributed by atoms with Crippen molar-refractivity contribution >= 4 is 29.1 Å². The Kier molecular flexibility index (Phi) is 12.0. The van der Waals surface area contributed by atoms with Gasteiger partial charge in [-0.3, -0.25) is 14.4 Å². The number of aliphatic hydroxyl groups is 1. The molecule has 0 bridgehead atoms. The Balaban J connectivity index is 1.13. The lowest BCUT2D eigenvalue weighted by Crippen LogP contribution is -2.57. The van der Waals surface area contributed by atoms with Gasteiger partial charge in [-0.05, 0) is 61.1 Å². The number of piperidine rings is 1. The van der Waals surface area contributed by atoms with Gasteiger partial charge in [0.25, 0.3) is 0 Å². The molecule has 3 amide bonds. The Bertz CT molecular complexity index is 1630. The summed E-state index contributed by atoms with van der Waals surface area (Å²) in [5, 5.41) is 18.5. The number of amides is 3. The fourth-order valence-corrected chi connectivity index (χ4v) is 7.56. The van der Waals surface area contributed by atoms with Gasteiger partial charge in [-0.1, -0.05) is 67.9 Å². The molecule has 11 heteroatoms. The number of nitrogens with one attached hydrogen (secondary N) is 3. The molecule has 51 heavy (non-hydrogen) atoms. The first kappa shape index (κ1) is 36.5. The molecule has 3 aliphatic heterocycles. The van der Waals surface area contributed by atoms with Gasteiger partial charge in [0.2, 0.25) is 17.7 Å². The van der Waals surface area contributed by atoms with Gasteiger partial charge in [-0.25, -0.2) is 0 Å². The lowest BCUT2D eigenvalue weighted by Gasteiger charge is -2.46. The van der Waals surface area contributed by atoms with E-state index in [1.807, 2.05) is 66.7 Å². The van der Waals surface area contributed by atoms with E-state index in [-0.39, 0.29) is 42.5 Å². The summed E-state index contributed by atoms with van der Waals surface area (Å²) in [6, 6.07) is 25.7. The molecule has 11 nitrogen and oxygen atoms in total. The minimum absolute atomic E-state index is 0.0150. The van der Waals surface area contributed by atoms with Crippen LogP contribution in [0.3, 0.4) is 0 Å². The summed E-state index contributed by atoms with van der Waals surface area (Å²) in [5.74, 6) is 0.0125. The van der Waals surface area contributed by atoms with Crippen LogP contribution in [0.1, 0.15) is 81.5 Å². The number of benzene rings is 3. The molecular weight excluding hydrogens is 646 g/mol. The monoisotopic (exact) mass is 697 g/mol. The van der Waals surface area contributed by atoms with Crippen molar-refractivity contribution in [3.63, 3.8) is 0 Å². The zero-order valence-corrected chi connectivity index (χ0v) is 29.7. The maximum absolute atomic E-state index is 13.3. The number of anilines is 2. The Morgan fingerprint density at radius 2 is 1.71 bits per heavy atom. The second-order valence-corrected chi connectivity index (χ2v) is 14.0. The van der Waals surface area contributed by atoms with Gasteiger partial charge in [0.05, 0.1) is 25.5 Å². The number of para-hydroxylation sites is 1. The van der Waals surface area contributed by atoms with Crippen LogP contribution in [0.15, 0.2) is 78.9 Å². The van der Waals surface area contributed by atoms with Crippen LogP contribution in [0.5, 0.6) is 0 Å². The molecular formula is C40H51N5O6. The number of hydrogen-bond donors (Lipinski definition) is 4. The van der Waals surface area contributed by atoms with Crippen molar-refractivity contribution in [2.24, 2.45) is 5.92 Å². The molecule has 0 aromatic heterocycles. The molecule has 0 unspecified atom stereocenters. The maximum atomic E-state index is 13.3. The van der Waals surface area contributed by atoms with E-state index >= 15 is 0 Å². The average Bonchev–Trinajstić information content (AvgIpc) is 3.46. The molecule has 1 spiro atoms. The minimum Gasteiger partial charge on any atom is -0.392 e. The lowest BCUT2D eigenvalue weighted by atomic mass is 9.84. The van der Waals surface area contributed by atoms with Crippen LogP contribution in [0.4, 0.5) is 11.4 Å². The molecule has 0 aliphatic carbocycles. The van der Waals surface area contributed by atoms with Gasteiger partial charge >= 0.3 is 0 Å². The predicted octanol–water partition coefficient (Wildman–Crippen LogP) is 5.03. The van der Waals surface area contributed by atoms with E-state index in [1.165, 1.54) is 6.92 Å². The van der Waals surface area contributed by atoms with Gasteiger partial charge in [0.15, 0.2) is 6.29 Å². The third kappa shape index (κ3) is 8.78. The number of unbranched alkanes of at least 4 members (excludes halogenated alkanes) is 2. The predicted molar refractivity (Wildman–Crippen MR) is 196 cm³/mol. The van der Waals surface area contributed by atoms with Crippen molar-refractivity contribution in [3.8, 4) is 0 Å². The Labute approximate surface area is 300 Å². The minimum atomic E-state index is -0.662. The van der Waals surface area contributed by atoms with Gasteiger partial charge < -0.3 is 40.3 Å². The molecule has 0 radical (unpaired) electrons. The fraction of sp³-hybridized carbons (Fsp3) is 0.475. The molecule has 0 saturated carbocycles. The Morgan fingerprint density at radius 1 is 0.941 bits per heavy atom. The number of nitrogens with zero attached hydrogens (tertiary/aromatic N) is 2. The number of carbonyl (C=O) groups excluding carboxylic acids is 3. The summed E-state index contributed by atoms with van der Waals surface area (Å²) in [6.07, 6.45) is 3.17. The number of ether oxygens (including phenoxy) is 2. The second kappa shape index (κ2) is 16.8. The smallest absolute Gasteiger partial charge is 0.247 e. The standard InChI is InChI=1S/C40H51N5O6/c1-28-35(25-44-22-19-40(20-23-44)39(49)42-27-45(40)34-12-5-3-6-13-34)50-38(51-37(28)31-17-15-30(26-46)16-18-31)32-10-9-11-33(24-32)43-36(48)14-7-4-8-21-41-29(2)47/h3,5-6,9-13,15-18,24,28,35,37-38,46H,4,7-8,14,19-23,25-27H2,1-2H3,(H,41,47)(H,42,49)(H,43,48)/t28-,35+,37+,38+/m1/s1. The van der Waals surface area contributed by atoms with Crippen molar-refractivity contribution < 1.29 is 29.0 Å². The Hall–Kier alpha value is -4.29. The molecule has 3 saturated heterocycles. The molecule has 4 atom stereocenters. The fourth-order valence-electron chi connectivity index (χ4n) is 7.56. The highest BCUT2D eigenvalue weighted by Gasteiger charge is 2.51. The topological polar surface area (TPSA) is 132 Å². The first-order chi connectivity index (χ1) is 24.8. The van der Waals surface area contributed by atoms with Crippen LogP contribution < -0.4 is 20.9 Å². The summed E-state index contributed by atoms with van der Waals surface area (Å²) in [5.41, 5.74) is 3.85. The molecule has 272 valence electrons. The van der Waals surface area contributed by atoms with Crippen molar-refractivity contribution in [3.05, 3.63) is 95.6 Å². The van der Waals surface area contributed by atoms with Gasteiger partial charge in [-0.15, -0.1) is 0 Å².